The molecule has 0 saturated heterocycles. The second kappa shape index (κ2) is 6.16. The number of para-hydroxylation sites is 1. The number of carbonyl (C=O) groups is 1. The number of pyridine rings is 1. The lowest BCUT2D eigenvalue weighted by Crippen LogP contribution is -2.17. The second-order valence-corrected chi connectivity index (χ2v) is 6.45. The zero-order valence-electron chi connectivity index (χ0n) is 13.4. The van der Waals surface area contributed by atoms with Crippen LogP contribution in [0.25, 0.3) is 5.65 Å². The van der Waals surface area contributed by atoms with Crippen molar-refractivity contribution in [2.75, 3.05) is 5.32 Å². The van der Waals surface area contributed by atoms with Crippen LogP contribution in [0.3, 0.4) is 0 Å². The molecule has 0 atom stereocenters. The van der Waals surface area contributed by atoms with Crippen molar-refractivity contribution in [3.05, 3.63) is 63.5 Å². The zero-order chi connectivity index (χ0) is 16.6. The van der Waals surface area contributed by atoms with Gasteiger partial charge >= 0.3 is 0 Å². The number of hydrogen-bond acceptors (Lipinski definition) is 2. The highest BCUT2D eigenvalue weighted by Gasteiger charge is 2.18. The molecule has 23 heavy (non-hydrogen) atoms. The maximum atomic E-state index is 12.9. The fourth-order valence-electron chi connectivity index (χ4n) is 2.78. The number of anilines is 1. The summed E-state index contributed by atoms with van der Waals surface area (Å²) < 4.78 is 2.72. The molecule has 1 N–H and O–H groups in total. The van der Waals surface area contributed by atoms with E-state index in [1.165, 1.54) is 0 Å². The van der Waals surface area contributed by atoms with Gasteiger partial charge in [-0.1, -0.05) is 25.1 Å². The van der Waals surface area contributed by atoms with Crippen LogP contribution in [0.1, 0.15) is 34.2 Å². The van der Waals surface area contributed by atoms with Gasteiger partial charge in [0.05, 0.1) is 5.69 Å². The SMILES string of the molecule is CCc1cccc(C)c1NC(=O)c1c(C)nc2ccc(Br)cn12. The van der Waals surface area contributed by atoms with Crippen molar-refractivity contribution in [3.63, 3.8) is 0 Å². The van der Waals surface area contributed by atoms with Crippen LogP contribution in [0.15, 0.2) is 41.0 Å². The number of aryl methyl sites for hydroxylation is 3. The smallest absolute Gasteiger partial charge is 0.274 e. The van der Waals surface area contributed by atoms with Gasteiger partial charge in [0.2, 0.25) is 0 Å². The molecule has 0 unspecified atom stereocenters. The van der Waals surface area contributed by atoms with E-state index in [2.05, 4.69) is 33.2 Å². The lowest BCUT2D eigenvalue weighted by Gasteiger charge is -2.13. The standard InChI is InChI=1S/C18H18BrN3O/c1-4-13-7-5-6-11(2)16(13)21-18(23)17-12(3)20-15-9-8-14(19)10-22(15)17/h5-10H,4H2,1-3H3,(H,21,23). The minimum atomic E-state index is -0.142. The Labute approximate surface area is 143 Å². The first kappa shape index (κ1) is 15.7. The van der Waals surface area contributed by atoms with Gasteiger partial charge in [-0.2, -0.15) is 0 Å². The van der Waals surface area contributed by atoms with Crippen LogP contribution in [0.2, 0.25) is 0 Å². The van der Waals surface area contributed by atoms with Crippen LogP contribution >= 0.6 is 15.9 Å². The van der Waals surface area contributed by atoms with E-state index in [0.29, 0.717) is 11.4 Å². The zero-order valence-corrected chi connectivity index (χ0v) is 14.9. The van der Waals surface area contributed by atoms with Crippen LogP contribution in [0.4, 0.5) is 5.69 Å². The minimum absolute atomic E-state index is 0.142. The molecule has 2 heterocycles. The molecule has 0 saturated carbocycles. The normalized spacial score (nSPS) is 11.0. The van der Waals surface area contributed by atoms with Crippen molar-refractivity contribution in [2.24, 2.45) is 0 Å². The maximum Gasteiger partial charge on any atom is 0.274 e. The van der Waals surface area contributed by atoms with Gasteiger partial charge in [0.1, 0.15) is 11.3 Å². The van der Waals surface area contributed by atoms with Gasteiger partial charge in [-0.25, -0.2) is 4.98 Å². The Hall–Kier alpha value is -2.14. The summed E-state index contributed by atoms with van der Waals surface area (Å²) in [6.07, 6.45) is 2.73. The van der Waals surface area contributed by atoms with Gasteiger partial charge in [0.25, 0.3) is 5.91 Å². The van der Waals surface area contributed by atoms with E-state index in [4.69, 9.17) is 0 Å². The number of hydrogen-bond donors (Lipinski definition) is 1. The summed E-state index contributed by atoms with van der Waals surface area (Å²) in [6, 6.07) is 9.87. The quantitative estimate of drug-likeness (QED) is 0.734. The first-order chi connectivity index (χ1) is 11.0. The average molecular weight is 372 g/mol. The van der Waals surface area contributed by atoms with Crippen LogP contribution in [0, 0.1) is 13.8 Å². The third-order valence-electron chi connectivity index (χ3n) is 3.95. The summed E-state index contributed by atoms with van der Waals surface area (Å²) >= 11 is 3.45. The third kappa shape index (κ3) is 2.88. The molecule has 0 bridgehead atoms. The van der Waals surface area contributed by atoms with Crippen molar-refractivity contribution in [1.29, 1.82) is 0 Å². The Balaban J connectivity index is 2.05. The van der Waals surface area contributed by atoms with E-state index in [1.807, 2.05) is 54.8 Å². The summed E-state index contributed by atoms with van der Waals surface area (Å²) in [6.45, 7) is 5.95. The summed E-state index contributed by atoms with van der Waals surface area (Å²) in [5.74, 6) is -0.142. The topological polar surface area (TPSA) is 46.4 Å². The molecule has 0 radical (unpaired) electrons. The average Bonchev–Trinajstić information content (AvgIpc) is 2.84. The van der Waals surface area contributed by atoms with Gasteiger partial charge in [-0.15, -0.1) is 0 Å². The molecule has 5 heteroatoms. The van der Waals surface area contributed by atoms with Gasteiger partial charge < -0.3 is 5.32 Å². The highest BCUT2D eigenvalue weighted by atomic mass is 79.9. The van der Waals surface area contributed by atoms with E-state index in [0.717, 1.165) is 33.4 Å². The number of rotatable bonds is 3. The van der Waals surface area contributed by atoms with E-state index < -0.39 is 0 Å². The number of aromatic nitrogens is 2. The molecule has 0 spiro atoms. The fraction of sp³-hybridized carbons (Fsp3) is 0.222. The van der Waals surface area contributed by atoms with Crippen LogP contribution in [0.5, 0.6) is 0 Å². The second-order valence-electron chi connectivity index (χ2n) is 5.54. The Morgan fingerprint density at radius 2 is 2.04 bits per heavy atom. The number of imidazole rings is 1. The molecular formula is C18H18BrN3O. The summed E-state index contributed by atoms with van der Waals surface area (Å²) in [5.41, 5.74) is 5.12. The first-order valence-electron chi connectivity index (χ1n) is 7.55. The van der Waals surface area contributed by atoms with Crippen LogP contribution < -0.4 is 5.32 Å². The molecule has 0 fully saturated rings. The van der Waals surface area contributed by atoms with Crippen molar-refractivity contribution in [3.8, 4) is 0 Å². The molecule has 4 nitrogen and oxygen atoms in total. The third-order valence-corrected chi connectivity index (χ3v) is 4.42. The van der Waals surface area contributed by atoms with Crippen LogP contribution in [-0.4, -0.2) is 15.3 Å². The molecule has 0 aliphatic rings. The minimum Gasteiger partial charge on any atom is -0.320 e. The lowest BCUT2D eigenvalue weighted by molar-refractivity contribution is 0.102. The van der Waals surface area contributed by atoms with Crippen molar-refractivity contribution >= 4 is 33.2 Å². The van der Waals surface area contributed by atoms with Gasteiger partial charge in [-0.05, 0) is 59.5 Å². The van der Waals surface area contributed by atoms with Crippen LogP contribution in [-0.2, 0) is 6.42 Å². The highest BCUT2D eigenvalue weighted by molar-refractivity contribution is 9.10. The number of carbonyl (C=O) groups excluding carboxylic acids is 1. The molecular weight excluding hydrogens is 354 g/mol. The number of nitrogens with zero attached hydrogens (tertiary/aromatic N) is 2. The Bertz CT molecular complexity index is 899. The lowest BCUT2D eigenvalue weighted by atomic mass is 10.1. The number of fused-ring (bicyclic) bond motifs is 1. The monoisotopic (exact) mass is 371 g/mol. The number of halogens is 1. The predicted octanol–water partition coefficient (Wildman–Crippen LogP) is 4.53. The molecule has 3 aromatic rings. The molecule has 3 rings (SSSR count). The largest absolute Gasteiger partial charge is 0.320 e. The number of benzene rings is 1. The summed E-state index contributed by atoms with van der Waals surface area (Å²) in [4.78, 5) is 17.3. The molecule has 1 aromatic carbocycles. The Kier molecular flexibility index (Phi) is 4.22. The molecule has 2 aromatic heterocycles. The number of amides is 1. The highest BCUT2D eigenvalue weighted by Crippen LogP contribution is 2.23. The van der Waals surface area contributed by atoms with Gasteiger partial charge in [-0.3, -0.25) is 9.20 Å². The van der Waals surface area contributed by atoms with Crippen molar-refractivity contribution in [2.45, 2.75) is 27.2 Å². The predicted molar refractivity (Wildman–Crippen MR) is 96.1 cm³/mol. The van der Waals surface area contributed by atoms with Crippen molar-refractivity contribution in [1.82, 2.24) is 9.38 Å². The summed E-state index contributed by atoms with van der Waals surface area (Å²) in [5, 5.41) is 3.07. The van der Waals surface area contributed by atoms with Crippen molar-refractivity contribution < 1.29 is 4.79 Å². The summed E-state index contributed by atoms with van der Waals surface area (Å²) in [7, 11) is 0. The van der Waals surface area contributed by atoms with E-state index in [1.54, 1.807) is 0 Å². The Morgan fingerprint density at radius 3 is 2.78 bits per heavy atom. The molecule has 0 aliphatic carbocycles. The number of nitrogens with one attached hydrogen (secondary N) is 1. The van der Waals surface area contributed by atoms with Gasteiger partial charge in [0.15, 0.2) is 0 Å². The van der Waals surface area contributed by atoms with Gasteiger partial charge in [0, 0.05) is 16.4 Å². The van der Waals surface area contributed by atoms with E-state index >= 15 is 0 Å². The first-order valence-corrected chi connectivity index (χ1v) is 8.34. The maximum absolute atomic E-state index is 12.9. The fourth-order valence-corrected chi connectivity index (χ4v) is 3.12. The van der Waals surface area contributed by atoms with E-state index in [9.17, 15) is 4.79 Å². The molecule has 118 valence electrons. The molecule has 0 aliphatic heterocycles. The molecule has 1 amide bonds. The van der Waals surface area contributed by atoms with E-state index in [-0.39, 0.29) is 5.91 Å². The Morgan fingerprint density at radius 1 is 1.26 bits per heavy atom.